The van der Waals surface area contributed by atoms with Crippen molar-refractivity contribution in [2.75, 3.05) is 0 Å². The molecule has 4 nitrogen and oxygen atoms in total. The third-order valence-electron chi connectivity index (χ3n) is 4.33. The molecule has 0 bridgehead atoms. The second-order valence-corrected chi connectivity index (χ2v) is 7.10. The number of carboxylic acid groups (broad SMARTS) is 1. The highest BCUT2D eigenvalue weighted by Gasteiger charge is 2.22. The molecule has 0 aliphatic carbocycles. The fraction of sp³-hybridized carbons (Fsp3) is 0.900. The summed E-state index contributed by atoms with van der Waals surface area (Å²) in [5, 5.41) is 9.10. The van der Waals surface area contributed by atoms with Crippen LogP contribution in [0.2, 0.25) is 0 Å². The number of aliphatic carboxylic acids is 1. The summed E-state index contributed by atoms with van der Waals surface area (Å²) in [7, 11) is 0. The number of hydrogen-bond acceptors (Lipinski definition) is 3. The maximum Gasteiger partial charge on any atom is 0.345 e. The van der Waals surface area contributed by atoms with Crippen LogP contribution in [0.3, 0.4) is 0 Å². The number of esters is 1. The Labute approximate surface area is 148 Å². The SMILES string of the molecule is CCCCCCCCCCCCCCC(OC(=O)C(C)C)C(=O)O. The van der Waals surface area contributed by atoms with Gasteiger partial charge in [0.25, 0.3) is 0 Å². The van der Waals surface area contributed by atoms with Gasteiger partial charge in [-0.15, -0.1) is 0 Å². The predicted molar refractivity (Wildman–Crippen MR) is 98.0 cm³/mol. The summed E-state index contributed by atoms with van der Waals surface area (Å²) in [6.07, 6.45) is 14.3. The average Bonchev–Trinajstić information content (AvgIpc) is 2.54. The Bertz CT molecular complexity index is 326. The summed E-state index contributed by atoms with van der Waals surface area (Å²) in [6, 6.07) is 0. The molecule has 0 aliphatic rings. The minimum Gasteiger partial charge on any atom is -0.479 e. The van der Waals surface area contributed by atoms with E-state index < -0.39 is 18.0 Å². The van der Waals surface area contributed by atoms with Gasteiger partial charge in [0, 0.05) is 0 Å². The summed E-state index contributed by atoms with van der Waals surface area (Å²) in [5.41, 5.74) is 0. The fourth-order valence-corrected chi connectivity index (χ4v) is 2.68. The van der Waals surface area contributed by atoms with Gasteiger partial charge in [-0.2, -0.15) is 0 Å². The van der Waals surface area contributed by atoms with E-state index in [9.17, 15) is 9.59 Å². The summed E-state index contributed by atoms with van der Waals surface area (Å²) in [6.45, 7) is 5.67. The number of carboxylic acids is 1. The molecule has 0 amide bonds. The van der Waals surface area contributed by atoms with Crippen molar-refractivity contribution in [2.45, 2.75) is 110 Å². The molecule has 0 heterocycles. The highest BCUT2D eigenvalue weighted by atomic mass is 16.6. The van der Waals surface area contributed by atoms with Crippen LogP contribution in [0.25, 0.3) is 0 Å². The molecule has 1 atom stereocenters. The standard InChI is InChI=1S/C20H38O4/c1-4-5-6-7-8-9-10-11-12-13-14-15-16-18(19(21)22)24-20(23)17(2)3/h17-18H,4-16H2,1-3H3,(H,21,22). The van der Waals surface area contributed by atoms with E-state index in [4.69, 9.17) is 9.84 Å². The van der Waals surface area contributed by atoms with E-state index in [-0.39, 0.29) is 5.92 Å². The van der Waals surface area contributed by atoms with Gasteiger partial charge in [-0.25, -0.2) is 4.79 Å². The van der Waals surface area contributed by atoms with Crippen molar-refractivity contribution < 1.29 is 19.4 Å². The van der Waals surface area contributed by atoms with Crippen molar-refractivity contribution >= 4 is 11.9 Å². The smallest absolute Gasteiger partial charge is 0.345 e. The van der Waals surface area contributed by atoms with Crippen LogP contribution in [0.5, 0.6) is 0 Å². The topological polar surface area (TPSA) is 63.6 Å². The highest BCUT2D eigenvalue weighted by molar-refractivity contribution is 5.78. The van der Waals surface area contributed by atoms with Gasteiger partial charge in [0.15, 0.2) is 6.10 Å². The van der Waals surface area contributed by atoms with Crippen LogP contribution >= 0.6 is 0 Å². The minimum absolute atomic E-state index is 0.283. The fourth-order valence-electron chi connectivity index (χ4n) is 2.68. The van der Waals surface area contributed by atoms with Crippen molar-refractivity contribution in [3.8, 4) is 0 Å². The van der Waals surface area contributed by atoms with Crippen molar-refractivity contribution in [1.82, 2.24) is 0 Å². The van der Waals surface area contributed by atoms with Crippen molar-refractivity contribution in [3.63, 3.8) is 0 Å². The molecule has 0 saturated carbocycles. The highest BCUT2D eigenvalue weighted by Crippen LogP contribution is 2.14. The molecule has 0 rings (SSSR count). The Hall–Kier alpha value is -1.06. The van der Waals surface area contributed by atoms with Gasteiger partial charge in [0.2, 0.25) is 0 Å². The number of ether oxygens (including phenoxy) is 1. The van der Waals surface area contributed by atoms with E-state index in [0.29, 0.717) is 6.42 Å². The van der Waals surface area contributed by atoms with Gasteiger partial charge in [0.1, 0.15) is 0 Å². The molecule has 0 aromatic heterocycles. The van der Waals surface area contributed by atoms with Crippen LogP contribution in [0.1, 0.15) is 104 Å². The lowest BCUT2D eigenvalue weighted by Gasteiger charge is -2.15. The Morgan fingerprint density at radius 3 is 1.58 bits per heavy atom. The molecule has 24 heavy (non-hydrogen) atoms. The first-order chi connectivity index (χ1) is 11.5. The van der Waals surface area contributed by atoms with Crippen LogP contribution in [0.4, 0.5) is 0 Å². The lowest BCUT2D eigenvalue weighted by atomic mass is 10.0. The summed E-state index contributed by atoms with van der Waals surface area (Å²) < 4.78 is 5.03. The normalized spacial score (nSPS) is 12.3. The molecule has 0 aliphatic heterocycles. The van der Waals surface area contributed by atoms with E-state index >= 15 is 0 Å². The molecule has 0 aromatic rings. The van der Waals surface area contributed by atoms with Crippen molar-refractivity contribution in [2.24, 2.45) is 5.92 Å². The Morgan fingerprint density at radius 1 is 0.792 bits per heavy atom. The molecule has 1 N–H and O–H groups in total. The maximum atomic E-state index is 11.5. The average molecular weight is 343 g/mol. The number of rotatable bonds is 16. The molecule has 142 valence electrons. The van der Waals surface area contributed by atoms with Crippen LogP contribution in [0.15, 0.2) is 0 Å². The van der Waals surface area contributed by atoms with Gasteiger partial charge >= 0.3 is 11.9 Å². The van der Waals surface area contributed by atoms with Gasteiger partial charge in [-0.3, -0.25) is 4.79 Å². The van der Waals surface area contributed by atoms with Crippen LogP contribution in [-0.2, 0) is 14.3 Å². The number of carbonyl (C=O) groups excluding carboxylic acids is 1. The molecule has 1 unspecified atom stereocenters. The monoisotopic (exact) mass is 342 g/mol. The van der Waals surface area contributed by atoms with E-state index in [2.05, 4.69) is 6.92 Å². The predicted octanol–water partition coefficient (Wildman–Crippen LogP) is 5.73. The zero-order valence-electron chi connectivity index (χ0n) is 16.0. The zero-order chi connectivity index (χ0) is 18.2. The van der Waals surface area contributed by atoms with Crippen LogP contribution < -0.4 is 0 Å². The van der Waals surface area contributed by atoms with E-state index in [1.807, 2.05) is 0 Å². The Balaban J connectivity index is 3.52. The Morgan fingerprint density at radius 2 is 1.21 bits per heavy atom. The Kier molecular flexibility index (Phi) is 14.8. The number of carbonyl (C=O) groups is 2. The first kappa shape index (κ1) is 22.9. The van der Waals surface area contributed by atoms with Gasteiger partial charge in [-0.1, -0.05) is 91.4 Å². The third-order valence-corrected chi connectivity index (χ3v) is 4.33. The quantitative estimate of drug-likeness (QED) is 0.287. The van der Waals surface area contributed by atoms with Gasteiger partial charge < -0.3 is 9.84 Å². The van der Waals surface area contributed by atoms with Gasteiger partial charge in [0.05, 0.1) is 5.92 Å². The first-order valence-corrected chi connectivity index (χ1v) is 9.92. The second-order valence-electron chi connectivity index (χ2n) is 7.10. The largest absolute Gasteiger partial charge is 0.479 e. The lowest BCUT2D eigenvalue weighted by Crippen LogP contribution is -2.28. The molecular weight excluding hydrogens is 304 g/mol. The maximum absolute atomic E-state index is 11.5. The molecule has 0 saturated heterocycles. The van der Waals surface area contributed by atoms with E-state index in [1.54, 1.807) is 13.8 Å². The summed E-state index contributed by atoms with van der Waals surface area (Å²) in [5.74, 6) is -1.75. The molecule has 0 radical (unpaired) electrons. The third kappa shape index (κ3) is 13.4. The van der Waals surface area contributed by atoms with Crippen LogP contribution in [0, 0.1) is 5.92 Å². The lowest BCUT2D eigenvalue weighted by molar-refractivity contribution is -0.166. The molecule has 0 aromatic carbocycles. The summed E-state index contributed by atoms with van der Waals surface area (Å²) >= 11 is 0. The molecular formula is C20H38O4. The van der Waals surface area contributed by atoms with Gasteiger partial charge in [-0.05, 0) is 12.8 Å². The molecule has 0 spiro atoms. The van der Waals surface area contributed by atoms with E-state index in [1.165, 1.54) is 57.8 Å². The minimum atomic E-state index is -1.04. The second kappa shape index (κ2) is 15.5. The molecule has 0 fully saturated rings. The van der Waals surface area contributed by atoms with E-state index in [0.717, 1.165) is 19.3 Å². The summed E-state index contributed by atoms with van der Waals surface area (Å²) in [4.78, 5) is 22.6. The van der Waals surface area contributed by atoms with Crippen molar-refractivity contribution in [1.29, 1.82) is 0 Å². The van der Waals surface area contributed by atoms with Crippen LogP contribution in [-0.4, -0.2) is 23.1 Å². The zero-order valence-corrected chi connectivity index (χ0v) is 16.0. The number of unbranched alkanes of at least 4 members (excludes halogenated alkanes) is 11. The molecule has 4 heteroatoms. The first-order valence-electron chi connectivity index (χ1n) is 9.92. The number of hydrogen-bond donors (Lipinski definition) is 1. The van der Waals surface area contributed by atoms with Crippen molar-refractivity contribution in [3.05, 3.63) is 0 Å².